The number of nitrogens with zero attached hydrogens (tertiary/aromatic N) is 2. The fourth-order valence-electron chi connectivity index (χ4n) is 3.17. The molecule has 1 atom stereocenters. The monoisotopic (exact) mass is 332 g/mol. The smallest absolute Gasteiger partial charge is 0.315 e. The van der Waals surface area contributed by atoms with Gasteiger partial charge in [-0.05, 0) is 32.2 Å². The quantitative estimate of drug-likeness (QED) is 0.770. The molecule has 0 radical (unpaired) electrons. The molecule has 2 aliphatic rings. The Morgan fingerprint density at radius 3 is 2.32 bits per heavy atom. The third kappa shape index (κ3) is 5.10. The van der Waals surface area contributed by atoms with Gasteiger partial charge in [0.25, 0.3) is 0 Å². The molecule has 2 rings (SSSR count). The maximum Gasteiger partial charge on any atom is 0.315 e. The lowest BCUT2D eigenvalue weighted by atomic mass is 10.1. The van der Waals surface area contributed by atoms with Crippen LogP contribution in [0.2, 0.25) is 0 Å². The Labute approximate surface area is 133 Å². The van der Waals surface area contributed by atoms with E-state index in [4.69, 9.17) is 0 Å². The zero-order valence-electron chi connectivity index (χ0n) is 13.5. The van der Waals surface area contributed by atoms with Crippen molar-refractivity contribution in [3.05, 3.63) is 0 Å². The Hall–Kier alpha value is -0.860. The summed E-state index contributed by atoms with van der Waals surface area (Å²) in [6.45, 7) is 6.17. The average Bonchev–Trinajstić information content (AvgIpc) is 2.47. The van der Waals surface area contributed by atoms with E-state index in [9.17, 15) is 13.2 Å². The first-order valence-corrected chi connectivity index (χ1v) is 9.98. The normalized spacial score (nSPS) is 25.8. The molecule has 0 aromatic carbocycles. The van der Waals surface area contributed by atoms with Crippen molar-refractivity contribution < 1.29 is 13.2 Å². The molecule has 2 aliphatic heterocycles. The molecule has 7 nitrogen and oxygen atoms in total. The summed E-state index contributed by atoms with van der Waals surface area (Å²) in [5.41, 5.74) is 0. The van der Waals surface area contributed by atoms with Crippen LogP contribution < -0.4 is 10.6 Å². The van der Waals surface area contributed by atoms with Crippen molar-refractivity contribution in [1.82, 2.24) is 19.8 Å². The van der Waals surface area contributed by atoms with Crippen LogP contribution in [-0.4, -0.2) is 74.7 Å². The Bertz CT molecular complexity index is 474. The summed E-state index contributed by atoms with van der Waals surface area (Å²) in [4.78, 5) is 14.5. The first kappa shape index (κ1) is 17.5. The molecular formula is C14H28N4O3S. The van der Waals surface area contributed by atoms with Gasteiger partial charge in [0.05, 0.1) is 6.26 Å². The topological polar surface area (TPSA) is 81.8 Å². The van der Waals surface area contributed by atoms with Crippen molar-refractivity contribution in [3.63, 3.8) is 0 Å². The fourth-order valence-corrected chi connectivity index (χ4v) is 4.08. The van der Waals surface area contributed by atoms with Gasteiger partial charge in [-0.2, -0.15) is 0 Å². The molecule has 22 heavy (non-hydrogen) atoms. The largest absolute Gasteiger partial charge is 0.335 e. The average molecular weight is 332 g/mol. The number of urea groups is 1. The Morgan fingerprint density at radius 2 is 1.73 bits per heavy atom. The van der Waals surface area contributed by atoms with Crippen LogP contribution >= 0.6 is 0 Å². The van der Waals surface area contributed by atoms with E-state index in [0.717, 1.165) is 45.3 Å². The highest BCUT2D eigenvalue weighted by molar-refractivity contribution is 7.88. The molecule has 2 saturated heterocycles. The minimum atomic E-state index is -3.17. The molecule has 2 heterocycles. The molecule has 0 aromatic heterocycles. The maximum absolute atomic E-state index is 12.1. The van der Waals surface area contributed by atoms with E-state index in [-0.39, 0.29) is 18.1 Å². The van der Waals surface area contributed by atoms with Crippen molar-refractivity contribution in [2.45, 2.75) is 44.7 Å². The molecule has 0 aliphatic carbocycles. The van der Waals surface area contributed by atoms with Crippen molar-refractivity contribution >= 4 is 16.1 Å². The fraction of sp³-hybridized carbons (Fsp3) is 0.929. The SMILES string of the molecule is CCN1CCC(NC(=O)NC2CCCN(S(C)(=O)=O)C2)CC1. The lowest BCUT2D eigenvalue weighted by Crippen LogP contribution is -2.54. The number of carbonyl (C=O) groups excluding carboxylic acids is 1. The standard InChI is InChI=1S/C14H28N4O3S/c1-3-17-9-6-12(7-10-17)15-14(19)16-13-5-4-8-18(11-13)22(2,20)21/h12-13H,3-11H2,1-2H3,(H2,15,16,19). The van der Waals surface area contributed by atoms with E-state index in [1.807, 2.05) is 0 Å². The van der Waals surface area contributed by atoms with Crippen LogP contribution in [-0.2, 0) is 10.0 Å². The Morgan fingerprint density at radius 1 is 1.09 bits per heavy atom. The highest BCUT2D eigenvalue weighted by Crippen LogP contribution is 2.13. The van der Waals surface area contributed by atoms with Crippen LogP contribution in [0.15, 0.2) is 0 Å². The number of amides is 2. The summed E-state index contributed by atoms with van der Waals surface area (Å²) < 4.78 is 24.6. The summed E-state index contributed by atoms with van der Waals surface area (Å²) in [5.74, 6) is 0. The van der Waals surface area contributed by atoms with E-state index >= 15 is 0 Å². The second kappa shape index (κ2) is 7.61. The van der Waals surface area contributed by atoms with Gasteiger partial charge in [-0.25, -0.2) is 17.5 Å². The number of sulfonamides is 1. The Balaban J connectivity index is 1.75. The second-order valence-corrected chi connectivity index (χ2v) is 8.27. The molecule has 0 aromatic rings. The zero-order chi connectivity index (χ0) is 16.2. The molecule has 0 saturated carbocycles. The number of rotatable bonds is 4. The minimum Gasteiger partial charge on any atom is -0.335 e. The van der Waals surface area contributed by atoms with Gasteiger partial charge in [0.2, 0.25) is 10.0 Å². The lowest BCUT2D eigenvalue weighted by molar-refractivity contribution is 0.193. The van der Waals surface area contributed by atoms with Gasteiger partial charge >= 0.3 is 6.03 Å². The molecule has 8 heteroatoms. The van der Waals surface area contributed by atoms with Crippen LogP contribution in [0.5, 0.6) is 0 Å². The first-order valence-electron chi connectivity index (χ1n) is 8.13. The van der Waals surface area contributed by atoms with Crippen molar-refractivity contribution in [2.75, 3.05) is 39.0 Å². The maximum atomic E-state index is 12.1. The van der Waals surface area contributed by atoms with Crippen LogP contribution in [0, 0.1) is 0 Å². The van der Waals surface area contributed by atoms with Gasteiger partial charge in [-0.15, -0.1) is 0 Å². The summed E-state index contributed by atoms with van der Waals surface area (Å²) in [6.07, 6.45) is 4.78. The second-order valence-electron chi connectivity index (χ2n) is 6.29. The molecule has 2 amide bonds. The van der Waals surface area contributed by atoms with Crippen LogP contribution in [0.4, 0.5) is 4.79 Å². The number of likely N-dealkylation sites (tertiary alicyclic amines) is 1. The molecule has 2 fully saturated rings. The number of carbonyl (C=O) groups is 1. The van der Waals surface area contributed by atoms with Crippen molar-refractivity contribution in [3.8, 4) is 0 Å². The van der Waals surface area contributed by atoms with Gasteiger partial charge in [0.15, 0.2) is 0 Å². The molecule has 128 valence electrons. The van der Waals surface area contributed by atoms with E-state index in [1.165, 1.54) is 10.6 Å². The van der Waals surface area contributed by atoms with E-state index in [0.29, 0.717) is 13.1 Å². The number of piperidine rings is 2. The van der Waals surface area contributed by atoms with E-state index in [1.54, 1.807) is 0 Å². The first-order chi connectivity index (χ1) is 10.4. The van der Waals surface area contributed by atoms with Gasteiger partial charge in [0, 0.05) is 38.3 Å². The van der Waals surface area contributed by atoms with Gasteiger partial charge < -0.3 is 15.5 Å². The molecule has 0 bridgehead atoms. The summed E-state index contributed by atoms with van der Waals surface area (Å²) >= 11 is 0. The zero-order valence-corrected chi connectivity index (χ0v) is 14.4. The predicted molar refractivity (Wildman–Crippen MR) is 86.2 cm³/mol. The Kier molecular flexibility index (Phi) is 6.05. The van der Waals surface area contributed by atoms with Crippen molar-refractivity contribution in [2.24, 2.45) is 0 Å². The molecule has 2 N–H and O–H groups in total. The highest BCUT2D eigenvalue weighted by Gasteiger charge is 2.27. The van der Waals surface area contributed by atoms with Crippen molar-refractivity contribution in [1.29, 1.82) is 0 Å². The minimum absolute atomic E-state index is 0.0980. The predicted octanol–water partition coefficient (Wildman–Crippen LogP) is 0.194. The summed E-state index contributed by atoms with van der Waals surface area (Å²) in [7, 11) is -3.17. The van der Waals surface area contributed by atoms with Gasteiger partial charge in [-0.1, -0.05) is 6.92 Å². The number of nitrogens with one attached hydrogen (secondary N) is 2. The highest BCUT2D eigenvalue weighted by atomic mass is 32.2. The van der Waals surface area contributed by atoms with E-state index < -0.39 is 10.0 Å². The number of hydrogen-bond acceptors (Lipinski definition) is 4. The molecular weight excluding hydrogens is 304 g/mol. The molecule has 1 unspecified atom stereocenters. The van der Waals surface area contributed by atoms with Gasteiger partial charge in [0.1, 0.15) is 0 Å². The summed E-state index contributed by atoms with van der Waals surface area (Å²) in [5, 5.41) is 5.94. The molecule has 0 spiro atoms. The summed E-state index contributed by atoms with van der Waals surface area (Å²) in [6, 6.07) is -0.0492. The van der Waals surface area contributed by atoms with Crippen LogP contribution in [0.1, 0.15) is 32.6 Å². The van der Waals surface area contributed by atoms with Crippen LogP contribution in [0.3, 0.4) is 0 Å². The van der Waals surface area contributed by atoms with Gasteiger partial charge in [-0.3, -0.25) is 0 Å². The van der Waals surface area contributed by atoms with E-state index in [2.05, 4.69) is 22.5 Å². The number of hydrogen-bond donors (Lipinski definition) is 2. The third-order valence-electron chi connectivity index (χ3n) is 4.56. The third-order valence-corrected chi connectivity index (χ3v) is 5.83. The van der Waals surface area contributed by atoms with Crippen LogP contribution in [0.25, 0.3) is 0 Å². The lowest BCUT2D eigenvalue weighted by Gasteiger charge is -2.33.